The lowest BCUT2D eigenvalue weighted by atomic mass is 9.86. The highest BCUT2D eigenvalue weighted by molar-refractivity contribution is 6.42. The maximum atomic E-state index is 14.1. The molecule has 1 atom stereocenters. The van der Waals surface area contributed by atoms with E-state index in [1.807, 2.05) is 30.3 Å². The molecule has 4 rings (SSSR count). The highest BCUT2D eigenvalue weighted by Crippen LogP contribution is 2.49. The van der Waals surface area contributed by atoms with Gasteiger partial charge in [-0.1, -0.05) is 76.9 Å². The minimum absolute atomic E-state index is 0.0132. The van der Waals surface area contributed by atoms with E-state index in [9.17, 15) is 18.0 Å². The third-order valence-corrected chi connectivity index (χ3v) is 6.09. The monoisotopic (exact) mass is 492 g/mol. The Morgan fingerprint density at radius 1 is 1.00 bits per heavy atom. The minimum atomic E-state index is -4.76. The lowest BCUT2D eigenvalue weighted by Crippen LogP contribution is -2.42. The second kappa shape index (κ2) is 9.08. The van der Waals surface area contributed by atoms with E-state index in [4.69, 9.17) is 28.0 Å². The average molecular weight is 493 g/mol. The Morgan fingerprint density at radius 2 is 1.70 bits per heavy atom. The van der Waals surface area contributed by atoms with Crippen LogP contribution in [0.1, 0.15) is 33.5 Å². The second-order valence-electron chi connectivity index (χ2n) is 7.51. The molecule has 1 N–H and O–H groups in total. The van der Waals surface area contributed by atoms with Crippen molar-refractivity contribution >= 4 is 34.8 Å². The van der Waals surface area contributed by atoms with E-state index in [0.717, 1.165) is 11.6 Å². The van der Waals surface area contributed by atoms with Gasteiger partial charge in [0.15, 0.2) is 0 Å². The summed E-state index contributed by atoms with van der Waals surface area (Å²) < 4.78 is 42.3. The summed E-state index contributed by atoms with van der Waals surface area (Å²) in [7, 11) is 0. The fourth-order valence-corrected chi connectivity index (χ4v) is 3.80. The molecule has 0 bridgehead atoms. The lowest BCUT2D eigenvalue weighted by molar-refractivity contribution is -0.275. The number of amides is 1. The van der Waals surface area contributed by atoms with Gasteiger partial charge in [-0.05, 0) is 35.4 Å². The van der Waals surface area contributed by atoms with Gasteiger partial charge >= 0.3 is 6.18 Å². The van der Waals surface area contributed by atoms with Crippen LogP contribution in [0.15, 0.2) is 78.0 Å². The normalized spacial score (nSPS) is 17.9. The molecule has 33 heavy (non-hydrogen) atoms. The van der Waals surface area contributed by atoms with Crippen LogP contribution in [-0.4, -0.2) is 17.8 Å². The number of halogens is 5. The molecule has 0 fully saturated rings. The molecule has 3 aromatic rings. The molecule has 1 aliphatic heterocycles. The van der Waals surface area contributed by atoms with Gasteiger partial charge in [0.1, 0.15) is 0 Å². The molecule has 0 aliphatic carbocycles. The second-order valence-corrected chi connectivity index (χ2v) is 8.32. The predicted octanol–water partition coefficient (Wildman–Crippen LogP) is 6.51. The number of hydrogen-bond donors (Lipinski definition) is 1. The Balaban J connectivity index is 1.50. The molecule has 0 spiro atoms. The summed E-state index contributed by atoms with van der Waals surface area (Å²) in [6, 6.07) is 19.2. The van der Waals surface area contributed by atoms with Crippen LogP contribution in [0.25, 0.3) is 0 Å². The molecular weight excluding hydrogens is 476 g/mol. The topological polar surface area (TPSA) is 50.7 Å². The molecule has 4 nitrogen and oxygen atoms in total. The van der Waals surface area contributed by atoms with E-state index in [1.165, 1.54) is 24.3 Å². The van der Waals surface area contributed by atoms with Crippen LogP contribution < -0.4 is 5.32 Å². The Bertz CT molecular complexity index is 1200. The number of carbonyl (C=O) groups excluding carboxylic acids is 1. The molecule has 0 saturated heterocycles. The smallest absolute Gasteiger partial charge is 0.374 e. The first-order valence-electron chi connectivity index (χ1n) is 9.89. The Labute approximate surface area is 198 Å². The summed E-state index contributed by atoms with van der Waals surface area (Å²) in [5, 5.41) is 6.65. The molecular formula is C24H17Cl2F3N2O2. The van der Waals surface area contributed by atoms with Crippen LogP contribution >= 0.6 is 23.2 Å². The number of rotatable bonds is 5. The van der Waals surface area contributed by atoms with E-state index in [-0.39, 0.29) is 27.2 Å². The molecule has 0 saturated carbocycles. The minimum Gasteiger partial charge on any atom is -0.374 e. The molecule has 1 aliphatic rings. The first-order valence-corrected chi connectivity index (χ1v) is 10.6. The number of nitrogens with one attached hydrogen (secondary N) is 1. The quantitative estimate of drug-likeness (QED) is 0.441. The number of hydrogen-bond acceptors (Lipinski definition) is 3. The Hall–Kier alpha value is -3.03. The number of oxime groups is 1. The summed E-state index contributed by atoms with van der Waals surface area (Å²) in [6.07, 6.45) is -5.30. The first-order chi connectivity index (χ1) is 15.7. The standard InChI is InChI=1S/C24H17Cl2F3N2O2/c25-19-11-10-18(12-20(19)26)23(24(27,28)29)13-21(31-33-23)16-6-8-17(9-7-16)22(32)30-14-15-4-2-1-3-5-15/h1-12H,13-14H2,(H,30,32). The lowest BCUT2D eigenvalue weighted by Gasteiger charge is -2.29. The van der Waals surface area contributed by atoms with E-state index in [0.29, 0.717) is 17.7 Å². The van der Waals surface area contributed by atoms with Crippen LogP contribution in [-0.2, 0) is 17.0 Å². The fourth-order valence-electron chi connectivity index (χ4n) is 3.50. The molecule has 0 radical (unpaired) electrons. The zero-order valence-corrected chi connectivity index (χ0v) is 18.5. The molecule has 3 aromatic carbocycles. The van der Waals surface area contributed by atoms with Crippen LogP contribution in [0.3, 0.4) is 0 Å². The van der Waals surface area contributed by atoms with E-state index >= 15 is 0 Å². The first kappa shape index (κ1) is 23.1. The van der Waals surface area contributed by atoms with Crippen LogP contribution in [0.4, 0.5) is 13.2 Å². The highest BCUT2D eigenvalue weighted by Gasteiger charge is 2.62. The molecule has 0 aromatic heterocycles. The summed E-state index contributed by atoms with van der Waals surface area (Å²) in [4.78, 5) is 17.4. The van der Waals surface area contributed by atoms with E-state index in [2.05, 4.69) is 10.5 Å². The number of nitrogens with zero attached hydrogens (tertiary/aromatic N) is 1. The maximum Gasteiger partial charge on any atom is 0.435 e. The summed E-state index contributed by atoms with van der Waals surface area (Å²) >= 11 is 11.8. The van der Waals surface area contributed by atoms with Crippen LogP contribution in [0, 0.1) is 0 Å². The predicted molar refractivity (Wildman–Crippen MR) is 120 cm³/mol. The maximum absolute atomic E-state index is 14.1. The molecule has 1 heterocycles. The van der Waals surface area contributed by atoms with Crippen molar-refractivity contribution in [2.45, 2.75) is 24.7 Å². The van der Waals surface area contributed by atoms with Gasteiger partial charge in [0.2, 0.25) is 0 Å². The van der Waals surface area contributed by atoms with E-state index < -0.39 is 18.2 Å². The fraction of sp³-hybridized carbons (Fsp3) is 0.167. The largest absolute Gasteiger partial charge is 0.435 e. The number of benzene rings is 3. The zero-order chi connectivity index (χ0) is 23.6. The zero-order valence-electron chi connectivity index (χ0n) is 17.0. The van der Waals surface area contributed by atoms with Crippen molar-refractivity contribution in [3.05, 3.63) is 105 Å². The molecule has 9 heteroatoms. The molecule has 170 valence electrons. The number of carbonyl (C=O) groups is 1. The van der Waals surface area contributed by atoms with Gasteiger partial charge in [-0.3, -0.25) is 4.79 Å². The van der Waals surface area contributed by atoms with Crippen LogP contribution in [0.5, 0.6) is 0 Å². The average Bonchev–Trinajstić information content (AvgIpc) is 3.27. The SMILES string of the molecule is O=C(NCc1ccccc1)c1ccc(C2=NOC(c3ccc(Cl)c(Cl)c3)(C(F)(F)F)C2)cc1. The van der Waals surface area contributed by atoms with Crippen LogP contribution in [0.2, 0.25) is 10.0 Å². The number of alkyl halides is 3. The van der Waals surface area contributed by atoms with Gasteiger partial charge in [0.25, 0.3) is 11.5 Å². The molecule has 1 unspecified atom stereocenters. The summed E-state index contributed by atoms with van der Waals surface area (Å²) in [5.74, 6) is -0.296. The van der Waals surface area contributed by atoms with Gasteiger partial charge < -0.3 is 10.2 Å². The van der Waals surface area contributed by atoms with Gasteiger partial charge in [0.05, 0.1) is 15.8 Å². The van der Waals surface area contributed by atoms with E-state index in [1.54, 1.807) is 12.1 Å². The van der Waals surface area contributed by atoms with Crippen molar-refractivity contribution in [1.82, 2.24) is 5.32 Å². The van der Waals surface area contributed by atoms with Crippen molar-refractivity contribution in [2.75, 3.05) is 0 Å². The van der Waals surface area contributed by atoms with Crippen molar-refractivity contribution in [3.8, 4) is 0 Å². The Kier molecular flexibility index (Phi) is 6.36. The van der Waals surface area contributed by atoms with Crippen molar-refractivity contribution in [3.63, 3.8) is 0 Å². The molecule has 1 amide bonds. The Morgan fingerprint density at radius 3 is 2.33 bits per heavy atom. The third-order valence-electron chi connectivity index (χ3n) is 5.35. The van der Waals surface area contributed by atoms with Gasteiger partial charge in [0, 0.05) is 24.1 Å². The highest BCUT2D eigenvalue weighted by atomic mass is 35.5. The van der Waals surface area contributed by atoms with Crippen molar-refractivity contribution < 1.29 is 22.8 Å². The van der Waals surface area contributed by atoms with Crippen molar-refractivity contribution in [1.29, 1.82) is 0 Å². The third kappa shape index (κ3) is 4.70. The van der Waals surface area contributed by atoms with Gasteiger partial charge in [-0.25, -0.2) is 0 Å². The van der Waals surface area contributed by atoms with Crippen molar-refractivity contribution in [2.24, 2.45) is 5.16 Å². The van der Waals surface area contributed by atoms with Gasteiger partial charge in [-0.15, -0.1) is 0 Å². The summed E-state index contributed by atoms with van der Waals surface area (Å²) in [5.41, 5.74) is -1.02. The van der Waals surface area contributed by atoms with Gasteiger partial charge in [-0.2, -0.15) is 13.2 Å². The summed E-state index contributed by atoms with van der Waals surface area (Å²) in [6.45, 7) is 0.361.